The van der Waals surface area contributed by atoms with Crippen LogP contribution in [0.2, 0.25) is 0 Å². The van der Waals surface area contributed by atoms with Crippen molar-refractivity contribution in [2.75, 3.05) is 48.3 Å². The van der Waals surface area contributed by atoms with E-state index in [9.17, 15) is 22.8 Å². The van der Waals surface area contributed by atoms with Gasteiger partial charge in [-0.1, -0.05) is 26.0 Å². The first-order valence-electron chi connectivity index (χ1n) is 15.2. The first-order chi connectivity index (χ1) is 21.6. The van der Waals surface area contributed by atoms with Gasteiger partial charge in [0.2, 0.25) is 11.9 Å². The van der Waals surface area contributed by atoms with Gasteiger partial charge in [-0.15, -0.1) is 0 Å². The van der Waals surface area contributed by atoms with Crippen LogP contribution in [0.4, 0.5) is 30.5 Å². The monoisotopic (exact) mass is 618 g/mol. The average molecular weight is 619 g/mol. The smallest absolute Gasteiger partial charge is 0.354 e. The van der Waals surface area contributed by atoms with Gasteiger partial charge in [-0.3, -0.25) is 9.59 Å². The fourth-order valence-corrected chi connectivity index (χ4v) is 5.55. The summed E-state index contributed by atoms with van der Waals surface area (Å²) < 4.78 is 40.6. The number of nitrogens with zero attached hydrogens (tertiary/aromatic N) is 4. The predicted molar refractivity (Wildman–Crippen MR) is 172 cm³/mol. The van der Waals surface area contributed by atoms with Gasteiger partial charge in [-0.05, 0) is 98.6 Å². The van der Waals surface area contributed by atoms with Gasteiger partial charge in [-0.25, -0.2) is 9.97 Å². The van der Waals surface area contributed by atoms with Gasteiger partial charge in [0.05, 0.1) is 22.5 Å². The summed E-state index contributed by atoms with van der Waals surface area (Å²) in [5.74, 6) is -0.208. The SMILES string of the molecule is CCN(CC)CCCNc1ncc2cc(-c3cc(C(=O)Nc4cc(C(F)(F)F)ccc4N4CCCC4=O)ccc3C)ccc2n1. The Morgan fingerprint density at radius 3 is 2.56 bits per heavy atom. The van der Waals surface area contributed by atoms with Gasteiger partial charge in [-0.2, -0.15) is 13.2 Å². The summed E-state index contributed by atoms with van der Waals surface area (Å²) in [5, 5.41) is 6.77. The minimum absolute atomic E-state index is 0.0625. The van der Waals surface area contributed by atoms with Crippen molar-refractivity contribution >= 4 is 40.0 Å². The van der Waals surface area contributed by atoms with Crippen molar-refractivity contribution in [3.63, 3.8) is 0 Å². The molecule has 11 heteroatoms. The molecule has 0 bridgehead atoms. The fraction of sp³-hybridized carbons (Fsp3) is 0.353. The highest BCUT2D eigenvalue weighted by Crippen LogP contribution is 2.37. The van der Waals surface area contributed by atoms with E-state index in [2.05, 4.69) is 39.3 Å². The molecule has 0 spiro atoms. The molecule has 8 nitrogen and oxygen atoms in total. The summed E-state index contributed by atoms with van der Waals surface area (Å²) in [5.41, 5.74) is 2.89. The number of aromatic nitrogens is 2. The molecular weight excluding hydrogens is 581 g/mol. The Labute approximate surface area is 260 Å². The number of amides is 2. The Hall–Kier alpha value is -4.51. The van der Waals surface area contributed by atoms with E-state index in [0.29, 0.717) is 25.3 Å². The number of nitrogens with one attached hydrogen (secondary N) is 2. The first-order valence-corrected chi connectivity index (χ1v) is 15.2. The van der Waals surface area contributed by atoms with E-state index >= 15 is 0 Å². The molecule has 1 aliphatic rings. The highest BCUT2D eigenvalue weighted by Gasteiger charge is 2.33. The molecule has 0 radical (unpaired) electrons. The molecule has 0 atom stereocenters. The Balaban J connectivity index is 1.36. The van der Waals surface area contributed by atoms with Gasteiger partial charge >= 0.3 is 6.18 Å². The van der Waals surface area contributed by atoms with Crippen molar-refractivity contribution in [2.24, 2.45) is 0 Å². The Morgan fingerprint density at radius 2 is 1.84 bits per heavy atom. The zero-order chi connectivity index (χ0) is 32.1. The number of rotatable bonds is 11. The Morgan fingerprint density at radius 1 is 1.04 bits per heavy atom. The molecule has 45 heavy (non-hydrogen) atoms. The number of benzene rings is 3. The van der Waals surface area contributed by atoms with E-state index in [1.807, 2.05) is 25.1 Å². The van der Waals surface area contributed by atoms with Crippen molar-refractivity contribution in [2.45, 2.75) is 46.2 Å². The van der Waals surface area contributed by atoms with E-state index < -0.39 is 17.6 Å². The van der Waals surface area contributed by atoms with Crippen LogP contribution >= 0.6 is 0 Å². The van der Waals surface area contributed by atoms with Crippen LogP contribution in [0.3, 0.4) is 0 Å². The molecule has 1 aliphatic heterocycles. The van der Waals surface area contributed by atoms with E-state index in [-0.39, 0.29) is 22.8 Å². The molecule has 3 aromatic carbocycles. The van der Waals surface area contributed by atoms with E-state index in [1.54, 1.807) is 24.4 Å². The molecule has 4 aromatic rings. The lowest BCUT2D eigenvalue weighted by Crippen LogP contribution is -2.26. The van der Waals surface area contributed by atoms with Crippen LogP contribution in [0.15, 0.2) is 60.8 Å². The number of alkyl halides is 3. The summed E-state index contributed by atoms with van der Waals surface area (Å²) in [6.45, 7) is 10.4. The zero-order valence-electron chi connectivity index (χ0n) is 25.7. The normalized spacial score (nSPS) is 13.6. The molecule has 5 rings (SSSR count). The molecule has 1 saturated heterocycles. The maximum absolute atomic E-state index is 13.5. The summed E-state index contributed by atoms with van der Waals surface area (Å²) in [6.07, 6.45) is -0.955. The molecule has 236 valence electrons. The quantitative estimate of drug-likeness (QED) is 0.174. The molecule has 2 N–H and O–H groups in total. The molecule has 2 heterocycles. The lowest BCUT2D eigenvalue weighted by atomic mass is 9.97. The second kappa shape index (κ2) is 13.6. The Kier molecular flexibility index (Phi) is 9.67. The maximum Gasteiger partial charge on any atom is 0.416 e. The third-order valence-corrected chi connectivity index (χ3v) is 8.16. The van der Waals surface area contributed by atoms with Crippen LogP contribution in [-0.4, -0.2) is 59.4 Å². The largest absolute Gasteiger partial charge is 0.416 e. The van der Waals surface area contributed by atoms with Gasteiger partial charge < -0.3 is 20.4 Å². The highest BCUT2D eigenvalue weighted by molar-refractivity contribution is 6.08. The second-order valence-electron chi connectivity index (χ2n) is 11.1. The summed E-state index contributed by atoms with van der Waals surface area (Å²) in [4.78, 5) is 38.7. The number of hydrogen-bond donors (Lipinski definition) is 2. The molecule has 0 aliphatic carbocycles. The maximum atomic E-state index is 13.5. The van der Waals surface area contributed by atoms with E-state index in [0.717, 1.165) is 72.3 Å². The summed E-state index contributed by atoms with van der Waals surface area (Å²) >= 11 is 0. The Bertz CT molecular complexity index is 1700. The minimum atomic E-state index is -4.61. The van der Waals surface area contributed by atoms with Crippen LogP contribution in [0.1, 0.15) is 54.6 Å². The number of hydrogen-bond acceptors (Lipinski definition) is 6. The van der Waals surface area contributed by atoms with Crippen molar-refractivity contribution in [1.82, 2.24) is 14.9 Å². The van der Waals surface area contributed by atoms with Crippen LogP contribution in [0, 0.1) is 6.92 Å². The number of fused-ring (bicyclic) bond motifs is 1. The lowest BCUT2D eigenvalue weighted by molar-refractivity contribution is -0.137. The predicted octanol–water partition coefficient (Wildman–Crippen LogP) is 7.15. The first kappa shape index (κ1) is 31.9. The molecule has 1 aromatic heterocycles. The second-order valence-corrected chi connectivity index (χ2v) is 11.1. The lowest BCUT2D eigenvalue weighted by Gasteiger charge is -2.21. The van der Waals surface area contributed by atoms with Gasteiger partial charge in [0, 0.05) is 36.7 Å². The molecule has 1 fully saturated rings. The van der Waals surface area contributed by atoms with Crippen molar-refractivity contribution in [3.05, 3.63) is 77.5 Å². The van der Waals surface area contributed by atoms with Crippen molar-refractivity contribution in [3.8, 4) is 11.1 Å². The summed E-state index contributed by atoms with van der Waals surface area (Å²) in [6, 6.07) is 14.0. The number of anilines is 3. The standard InChI is InChI=1S/C34H37F3N6O2/c1-4-42(5-2)16-7-15-38-33-39-21-25-18-23(11-13-28(25)41-33)27-19-24(10-9-22(27)3)32(45)40-29-20-26(34(35,36)37)12-14-30(29)43-17-6-8-31(43)44/h9-14,18-21H,4-8,15-17H2,1-3H3,(H,40,45)(H,38,39,41). The number of halogens is 3. The van der Waals surface area contributed by atoms with Gasteiger partial charge in [0.1, 0.15) is 0 Å². The van der Waals surface area contributed by atoms with Crippen LogP contribution in [-0.2, 0) is 11.0 Å². The highest BCUT2D eigenvalue weighted by atomic mass is 19.4. The van der Waals surface area contributed by atoms with E-state index in [1.165, 1.54) is 11.0 Å². The molecule has 0 unspecified atom stereocenters. The van der Waals surface area contributed by atoms with Gasteiger partial charge in [0.15, 0.2) is 0 Å². The van der Waals surface area contributed by atoms with Crippen LogP contribution in [0.5, 0.6) is 0 Å². The van der Waals surface area contributed by atoms with Crippen molar-refractivity contribution < 1.29 is 22.8 Å². The number of carbonyl (C=O) groups is 2. The topological polar surface area (TPSA) is 90.5 Å². The molecule has 2 amide bonds. The van der Waals surface area contributed by atoms with Crippen molar-refractivity contribution in [1.29, 1.82) is 0 Å². The summed E-state index contributed by atoms with van der Waals surface area (Å²) in [7, 11) is 0. The van der Waals surface area contributed by atoms with E-state index in [4.69, 9.17) is 0 Å². The molecule has 0 saturated carbocycles. The average Bonchev–Trinajstić information content (AvgIpc) is 3.46. The fourth-order valence-electron chi connectivity index (χ4n) is 5.55. The third-order valence-electron chi connectivity index (χ3n) is 8.16. The minimum Gasteiger partial charge on any atom is -0.354 e. The van der Waals surface area contributed by atoms with Gasteiger partial charge in [0.25, 0.3) is 5.91 Å². The number of aryl methyl sites for hydroxylation is 1. The van der Waals surface area contributed by atoms with Crippen LogP contribution < -0.4 is 15.5 Å². The van der Waals surface area contributed by atoms with Crippen LogP contribution in [0.25, 0.3) is 22.0 Å². The zero-order valence-corrected chi connectivity index (χ0v) is 25.7. The third kappa shape index (κ3) is 7.42. The molecular formula is C34H37F3N6O2. The number of carbonyl (C=O) groups excluding carboxylic acids is 2.